The van der Waals surface area contributed by atoms with Gasteiger partial charge in [0.05, 0.1) is 25.0 Å². The molecule has 1 aliphatic rings. The van der Waals surface area contributed by atoms with Crippen LogP contribution in [0.1, 0.15) is 25.3 Å². The van der Waals surface area contributed by atoms with Gasteiger partial charge in [0.1, 0.15) is 5.75 Å². The van der Waals surface area contributed by atoms with Crippen LogP contribution in [0, 0.1) is 0 Å². The molecule has 2 heterocycles. The summed E-state index contributed by atoms with van der Waals surface area (Å²) in [5.41, 5.74) is 2.58. The third kappa shape index (κ3) is 5.20. The highest BCUT2D eigenvalue weighted by atomic mass is 16.6. The Kier molecular flexibility index (Phi) is 6.99. The second kappa shape index (κ2) is 10.3. The van der Waals surface area contributed by atoms with E-state index in [-0.39, 0.29) is 18.2 Å². The lowest BCUT2D eigenvalue weighted by molar-refractivity contribution is -0.122. The van der Waals surface area contributed by atoms with Gasteiger partial charge in [-0.15, -0.1) is 10.2 Å². The molecule has 1 aliphatic heterocycles. The number of aromatic nitrogens is 1. The minimum absolute atomic E-state index is 0.00561. The molecule has 0 atom stereocenters. The third-order valence-corrected chi connectivity index (χ3v) is 5.62. The van der Waals surface area contributed by atoms with E-state index in [9.17, 15) is 9.90 Å². The molecule has 1 amide bonds. The number of benzene rings is 2. The fourth-order valence-electron chi connectivity index (χ4n) is 3.84. The molecule has 1 N–H and O–H groups in total. The number of carbonyl (C=O) groups excluding carboxylic acids is 1. The Morgan fingerprint density at radius 3 is 2.55 bits per heavy atom. The molecule has 0 bridgehead atoms. The summed E-state index contributed by atoms with van der Waals surface area (Å²) in [5.74, 6) is 0.138. The highest BCUT2D eigenvalue weighted by molar-refractivity contribution is 5.98. The number of aromatic hydroxyl groups is 1. The summed E-state index contributed by atoms with van der Waals surface area (Å²) in [4.78, 5) is 19.6. The van der Waals surface area contributed by atoms with Crippen molar-refractivity contribution in [3.05, 3.63) is 54.1 Å². The predicted molar refractivity (Wildman–Crippen MR) is 125 cm³/mol. The molecule has 1 fully saturated rings. The van der Waals surface area contributed by atoms with E-state index in [0.29, 0.717) is 12.4 Å². The molecule has 1 aromatic heterocycles. The summed E-state index contributed by atoms with van der Waals surface area (Å²) in [7, 11) is 1.60. The number of hydrogen-bond donors (Lipinski definition) is 1. The number of carbonyl (C=O) groups is 1. The first-order chi connectivity index (χ1) is 16.1. The van der Waals surface area contributed by atoms with Gasteiger partial charge in [-0.1, -0.05) is 23.4 Å². The first-order valence-corrected chi connectivity index (χ1v) is 10.8. The van der Waals surface area contributed by atoms with Crippen molar-refractivity contribution in [3.63, 3.8) is 0 Å². The van der Waals surface area contributed by atoms with Gasteiger partial charge in [0, 0.05) is 5.39 Å². The van der Waals surface area contributed by atoms with Crippen LogP contribution in [0.5, 0.6) is 11.6 Å². The maximum Gasteiger partial charge on any atom is 0.304 e. The average Bonchev–Trinajstić information content (AvgIpc) is 3.45. The van der Waals surface area contributed by atoms with Crippen LogP contribution in [0.2, 0.25) is 0 Å². The lowest BCUT2D eigenvalue weighted by Gasteiger charge is -2.17. The minimum atomic E-state index is -0.600. The zero-order valence-corrected chi connectivity index (χ0v) is 18.8. The quantitative estimate of drug-likeness (QED) is 0.311. The van der Waals surface area contributed by atoms with Crippen LogP contribution in [0.4, 0.5) is 5.69 Å². The molecule has 3 aromatic rings. The molecular formula is C24H27N5O4. The van der Waals surface area contributed by atoms with E-state index in [4.69, 9.17) is 9.57 Å². The Morgan fingerprint density at radius 1 is 1.09 bits per heavy atom. The van der Waals surface area contributed by atoms with Gasteiger partial charge in [-0.2, -0.15) is 0 Å². The number of ether oxygens (including phenoxy) is 1. The van der Waals surface area contributed by atoms with Crippen LogP contribution in [0.25, 0.3) is 10.9 Å². The van der Waals surface area contributed by atoms with Crippen molar-refractivity contribution in [2.75, 3.05) is 26.8 Å². The number of fused-ring (bicyclic) bond motifs is 1. The van der Waals surface area contributed by atoms with Crippen LogP contribution in [0.3, 0.4) is 0 Å². The minimum Gasteiger partial charge on any atom is -0.497 e. The number of azo groups is 1. The Bertz CT molecular complexity index is 1180. The van der Waals surface area contributed by atoms with Gasteiger partial charge < -0.3 is 14.7 Å². The Balaban J connectivity index is 1.43. The second-order valence-electron chi connectivity index (χ2n) is 7.86. The van der Waals surface area contributed by atoms with E-state index in [0.717, 1.165) is 48.1 Å². The molecule has 9 heteroatoms. The van der Waals surface area contributed by atoms with Crippen LogP contribution in [0.15, 0.2) is 63.9 Å². The summed E-state index contributed by atoms with van der Waals surface area (Å²) in [5, 5.41) is 23.3. The van der Waals surface area contributed by atoms with Crippen molar-refractivity contribution in [2.24, 2.45) is 15.4 Å². The van der Waals surface area contributed by atoms with Crippen molar-refractivity contribution in [1.29, 1.82) is 0 Å². The van der Waals surface area contributed by atoms with Gasteiger partial charge in [0.15, 0.2) is 12.3 Å². The number of methoxy groups -OCH3 is 1. The van der Waals surface area contributed by atoms with Gasteiger partial charge in [0.25, 0.3) is 0 Å². The number of amides is 1. The van der Waals surface area contributed by atoms with Crippen LogP contribution < -0.4 is 4.74 Å². The molecular weight excluding hydrogens is 422 g/mol. The van der Waals surface area contributed by atoms with Crippen LogP contribution in [-0.4, -0.2) is 53.0 Å². The second-order valence-corrected chi connectivity index (χ2v) is 7.86. The van der Waals surface area contributed by atoms with E-state index < -0.39 is 5.91 Å². The van der Waals surface area contributed by atoms with Gasteiger partial charge in [0.2, 0.25) is 5.88 Å². The molecule has 9 nitrogen and oxygen atoms in total. The molecule has 0 saturated carbocycles. The standard InChI is InChI=1S/C24H27N5O4/c1-17(18-9-11-19(32-2)12-10-18)27-33-15-22(30)25-26-23-20-7-3-4-8-21(20)29(24(23)31)16-28-13-5-6-14-28/h3-4,7-12,31H,5-6,13-16H2,1-2H3/b26-25?,27-17+. The Morgan fingerprint density at radius 2 is 1.82 bits per heavy atom. The first-order valence-electron chi connectivity index (χ1n) is 10.8. The van der Waals surface area contributed by atoms with Crippen molar-refractivity contribution in [2.45, 2.75) is 26.4 Å². The summed E-state index contributed by atoms with van der Waals surface area (Å²) in [6.45, 7) is 3.98. The normalized spacial score (nSPS) is 14.9. The summed E-state index contributed by atoms with van der Waals surface area (Å²) in [6, 6.07) is 14.9. The van der Waals surface area contributed by atoms with E-state index in [1.165, 1.54) is 0 Å². The first kappa shape index (κ1) is 22.5. The maximum absolute atomic E-state index is 12.2. The fraction of sp³-hybridized carbons (Fsp3) is 0.333. The number of rotatable bonds is 8. The van der Waals surface area contributed by atoms with Crippen molar-refractivity contribution in [3.8, 4) is 11.6 Å². The zero-order chi connectivity index (χ0) is 23.2. The van der Waals surface area contributed by atoms with Crippen molar-refractivity contribution < 1.29 is 19.5 Å². The predicted octanol–water partition coefficient (Wildman–Crippen LogP) is 4.46. The number of likely N-dealkylation sites (tertiary alicyclic amines) is 1. The van der Waals surface area contributed by atoms with Gasteiger partial charge >= 0.3 is 5.91 Å². The molecule has 0 radical (unpaired) electrons. The van der Waals surface area contributed by atoms with Gasteiger partial charge in [-0.3, -0.25) is 14.3 Å². The molecule has 4 rings (SSSR count). The SMILES string of the molecule is COc1ccc(/C(C)=N/OCC(=O)N=Nc2c(O)n(CN3CCCC3)c3ccccc23)cc1. The van der Waals surface area contributed by atoms with Crippen molar-refractivity contribution >= 4 is 28.2 Å². The number of nitrogens with zero attached hydrogens (tertiary/aromatic N) is 5. The zero-order valence-electron chi connectivity index (χ0n) is 18.8. The summed E-state index contributed by atoms with van der Waals surface area (Å²) in [6.07, 6.45) is 2.31. The fourth-order valence-corrected chi connectivity index (χ4v) is 3.84. The molecule has 0 aliphatic carbocycles. The molecule has 172 valence electrons. The largest absolute Gasteiger partial charge is 0.497 e. The molecule has 0 unspecified atom stereocenters. The van der Waals surface area contributed by atoms with E-state index in [2.05, 4.69) is 20.3 Å². The topological polar surface area (TPSA) is 101 Å². The highest BCUT2D eigenvalue weighted by Gasteiger charge is 2.20. The number of hydrogen-bond acceptors (Lipinski definition) is 7. The summed E-state index contributed by atoms with van der Waals surface area (Å²) >= 11 is 0. The van der Waals surface area contributed by atoms with Gasteiger partial charge in [-0.25, -0.2) is 0 Å². The molecule has 2 aromatic carbocycles. The van der Waals surface area contributed by atoms with E-state index >= 15 is 0 Å². The Hall–Kier alpha value is -3.72. The van der Waals surface area contributed by atoms with Crippen LogP contribution >= 0.6 is 0 Å². The average molecular weight is 450 g/mol. The van der Waals surface area contributed by atoms with E-state index in [1.54, 1.807) is 18.6 Å². The smallest absolute Gasteiger partial charge is 0.304 e. The van der Waals surface area contributed by atoms with E-state index in [1.807, 2.05) is 48.5 Å². The maximum atomic E-state index is 12.2. The third-order valence-electron chi connectivity index (χ3n) is 5.62. The molecule has 33 heavy (non-hydrogen) atoms. The molecule has 0 spiro atoms. The molecule has 1 saturated heterocycles. The lowest BCUT2D eigenvalue weighted by atomic mass is 10.1. The van der Waals surface area contributed by atoms with Crippen LogP contribution in [-0.2, 0) is 16.3 Å². The monoisotopic (exact) mass is 449 g/mol. The van der Waals surface area contributed by atoms with Gasteiger partial charge in [-0.05, 0) is 68.8 Å². The lowest BCUT2D eigenvalue weighted by Crippen LogP contribution is -2.22. The summed E-state index contributed by atoms with van der Waals surface area (Å²) < 4.78 is 6.94. The highest BCUT2D eigenvalue weighted by Crippen LogP contribution is 2.39. The number of oxime groups is 1. The van der Waals surface area contributed by atoms with Crippen molar-refractivity contribution in [1.82, 2.24) is 9.47 Å². The number of para-hydroxylation sites is 1. The Labute approximate surface area is 191 Å².